The standard InChI is InChI=1S/C23H23N3O3/c27-23(28)20-12-17(15-4-5-15)14-25-21(20)13-16-2-1-3-19-18(16)6-7-24-22(19)26-8-10-29-11-9-26/h1-3,6-7,12,14-15H,4-5,8-11,13H2,(H,27,28). The lowest BCUT2D eigenvalue weighted by Gasteiger charge is -2.29. The molecule has 0 bridgehead atoms. The Morgan fingerprint density at radius 1 is 1.14 bits per heavy atom. The van der Waals surface area contributed by atoms with Crippen molar-refractivity contribution in [3.05, 3.63) is 65.1 Å². The summed E-state index contributed by atoms with van der Waals surface area (Å²) in [5.74, 6) is 0.531. The van der Waals surface area contributed by atoms with Crippen molar-refractivity contribution in [1.29, 1.82) is 0 Å². The number of hydrogen-bond donors (Lipinski definition) is 1. The summed E-state index contributed by atoms with van der Waals surface area (Å²) in [4.78, 5) is 23.3. The molecular weight excluding hydrogens is 366 g/mol. The zero-order chi connectivity index (χ0) is 19.8. The average Bonchev–Trinajstić information content (AvgIpc) is 3.60. The van der Waals surface area contributed by atoms with Crippen LogP contribution in [-0.4, -0.2) is 47.3 Å². The fourth-order valence-electron chi connectivity index (χ4n) is 4.09. The van der Waals surface area contributed by atoms with E-state index in [1.165, 1.54) is 0 Å². The van der Waals surface area contributed by atoms with Gasteiger partial charge < -0.3 is 14.7 Å². The van der Waals surface area contributed by atoms with Gasteiger partial charge in [0.2, 0.25) is 0 Å². The highest BCUT2D eigenvalue weighted by molar-refractivity contribution is 5.95. The van der Waals surface area contributed by atoms with Crippen LogP contribution in [0.15, 0.2) is 42.7 Å². The van der Waals surface area contributed by atoms with Crippen molar-refractivity contribution in [1.82, 2.24) is 9.97 Å². The highest BCUT2D eigenvalue weighted by Gasteiger charge is 2.26. The van der Waals surface area contributed by atoms with Gasteiger partial charge in [-0.25, -0.2) is 9.78 Å². The smallest absolute Gasteiger partial charge is 0.337 e. The summed E-state index contributed by atoms with van der Waals surface area (Å²) in [5.41, 5.74) is 3.03. The number of carboxylic acid groups (broad SMARTS) is 1. The molecule has 5 rings (SSSR count). The zero-order valence-corrected chi connectivity index (χ0v) is 16.2. The number of fused-ring (bicyclic) bond motifs is 1. The number of carbonyl (C=O) groups is 1. The quantitative estimate of drug-likeness (QED) is 0.718. The number of ether oxygens (including phenoxy) is 1. The number of aromatic nitrogens is 2. The molecular formula is C23H23N3O3. The van der Waals surface area contributed by atoms with Gasteiger partial charge in [-0.3, -0.25) is 4.98 Å². The third-order valence-electron chi connectivity index (χ3n) is 5.81. The summed E-state index contributed by atoms with van der Waals surface area (Å²) in [6.07, 6.45) is 6.42. The Labute approximate surface area is 169 Å². The average molecular weight is 389 g/mol. The second kappa shape index (κ2) is 7.44. The number of nitrogens with zero attached hydrogens (tertiary/aromatic N) is 3. The first-order chi connectivity index (χ1) is 14.2. The molecule has 0 amide bonds. The van der Waals surface area contributed by atoms with Gasteiger partial charge in [-0.1, -0.05) is 18.2 Å². The molecule has 6 nitrogen and oxygen atoms in total. The topological polar surface area (TPSA) is 75.5 Å². The Bertz CT molecular complexity index is 1070. The summed E-state index contributed by atoms with van der Waals surface area (Å²) < 4.78 is 5.47. The molecule has 2 aliphatic rings. The van der Waals surface area contributed by atoms with Crippen molar-refractivity contribution in [3.8, 4) is 0 Å². The summed E-state index contributed by atoms with van der Waals surface area (Å²) in [5, 5.41) is 11.9. The molecule has 148 valence electrons. The summed E-state index contributed by atoms with van der Waals surface area (Å²) >= 11 is 0. The minimum atomic E-state index is -0.911. The van der Waals surface area contributed by atoms with Gasteiger partial charge in [-0.05, 0) is 47.4 Å². The van der Waals surface area contributed by atoms with E-state index in [1.807, 2.05) is 36.7 Å². The van der Waals surface area contributed by atoms with E-state index in [0.717, 1.165) is 53.6 Å². The third-order valence-corrected chi connectivity index (χ3v) is 5.81. The van der Waals surface area contributed by atoms with Crippen LogP contribution in [0.1, 0.15) is 45.9 Å². The Hall–Kier alpha value is -2.99. The molecule has 1 saturated carbocycles. The molecule has 0 unspecified atom stereocenters. The van der Waals surface area contributed by atoms with Gasteiger partial charge in [0, 0.05) is 37.3 Å². The number of rotatable bonds is 5. The zero-order valence-electron chi connectivity index (χ0n) is 16.2. The minimum Gasteiger partial charge on any atom is -0.478 e. The van der Waals surface area contributed by atoms with E-state index in [4.69, 9.17) is 4.74 Å². The predicted octanol–water partition coefficient (Wildman–Crippen LogP) is 3.63. The molecule has 2 fully saturated rings. The van der Waals surface area contributed by atoms with Gasteiger partial charge in [0.15, 0.2) is 0 Å². The molecule has 6 heteroatoms. The van der Waals surface area contributed by atoms with Crippen molar-refractivity contribution < 1.29 is 14.6 Å². The molecule has 1 saturated heterocycles. The number of benzene rings is 1. The molecule has 3 aromatic rings. The van der Waals surface area contributed by atoms with E-state index in [0.29, 0.717) is 36.8 Å². The van der Waals surface area contributed by atoms with Crippen LogP contribution in [0.4, 0.5) is 5.82 Å². The first-order valence-electron chi connectivity index (χ1n) is 10.1. The maximum Gasteiger partial charge on any atom is 0.337 e. The van der Waals surface area contributed by atoms with E-state index < -0.39 is 5.97 Å². The minimum absolute atomic E-state index is 0.314. The number of morpholine rings is 1. The highest BCUT2D eigenvalue weighted by Crippen LogP contribution is 2.40. The first-order valence-corrected chi connectivity index (χ1v) is 10.1. The number of pyridine rings is 2. The number of carboxylic acids is 1. The Morgan fingerprint density at radius 2 is 1.97 bits per heavy atom. The van der Waals surface area contributed by atoms with Crippen LogP contribution in [0.3, 0.4) is 0 Å². The van der Waals surface area contributed by atoms with Gasteiger partial charge in [-0.15, -0.1) is 0 Å². The molecule has 1 aromatic carbocycles. The predicted molar refractivity (Wildman–Crippen MR) is 111 cm³/mol. The molecule has 29 heavy (non-hydrogen) atoms. The van der Waals surface area contributed by atoms with Gasteiger partial charge >= 0.3 is 5.97 Å². The molecule has 1 N–H and O–H groups in total. The third kappa shape index (κ3) is 3.56. The van der Waals surface area contributed by atoms with Crippen LogP contribution < -0.4 is 4.90 Å². The van der Waals surface area contributed by atoms with Crippen LogP contribution in [0.2, 0.25) is 0 Å². The van der Waals surface area contributed by atoms with Crippen LogP contribution in [0, 0.1) is 0 Å². The second-order valence-electron chi connectivity index (χ2n) is 7.77. The molecule has 1 aliphatic carbocycles. The fraction of sp³-hybridized carbons (Fsp3) is 0.348. The molecule has 2 aromatic heterocycles. The van der Waals surface area contributed by atoms with Crippen molar-refractivity contribution >= 4 is 22.6 Å². The normalized spacial score (nSPS) is 16.9. The van der Waals surface area contributed by atoms with Crippen molar-refractivity contribution in [3.63, 3.8) is 0 Å². The number of aromatic carboxylic acids is 1. The lowest BCUT2D eigenvalue weighted by Crippen LogP contribution is -2.36. The summed E-state index contributed by atoms with van der Waals surface area (Å²) in [6.45, 7) is 3.06. The van der Waals surface area contributed by atoms with Crippen LogP contribution in [0.25, 0.3) is 10.8 Å². The first kappa shape index (κ1) is 18.1. The number of anilines is 1. The SMILES string of the molecule is O=C(O)c1cc(C2CC2)cnc1Cc1cccc2c(N3CCOCC3)nccc12. The maximum absolute atomic E-state index is 11.9. The Balaban J connectivity index is 1.53. The van der Waals surface area contributed by atoms with Crippen molar-refractivity contribution in [2.75, 3.05) is 31.2 Å². The monoisotopic (exact) mass is 389 g/mol. The Kier molecular flexibility index (Phi) is 4.64. The second-order valence-corrected chi connectivity index (χ2v) is 7.77. The number of hydrogen-bond acceptors (Lipinski definition) is 5. The van der Waals surface area contributed by atoms with Gasteiger partial charge in [0.1, 0.15) is 5.82 Å². The highest BCUT2D eigenvalue weighted by atomic mass is 16.5. The van der Waals surface area contributed by atoms with E-state index in [2.05, 4.69) is 20.9 Å². The van der Waals surface area contributed by atoms with Crippen LogP contribution >= 0.6 is 0 Å². The van der Waals surface area contributed by atoms with Gasteiger partial charge in [0.25, 0.3) is 0 Å². The van der Waals surface area contributed by atoms with E-state index >= 15 is 0 Å². The van der Waals surface area contributed by atoms with Crippen LogP contribution in [0.5, 0.6) is 0 Å². The molecule has 1 aliphatic heterocycles. The van der Waals surface area contributed by atoms with Crippen LogP contribution in [-0.2, 0) is 11.2 Å². The lowest BCUT2D eigenvalue weighted by molar-refractivity contribution is 0.0695. The van der Waals surface area contributed by atoms with E-state index in [9.17, 15) is 9.90 Å². The fourth-order valence-corrected chi connectivity index (χ4v) is 4.09. The van der Waals surface area contributed by atoms with Crippen molar-refractivity contribution in [2.45, 2.75) is 25.2 Å². The van der Waals surface area contributed by atoms with E-state index in [-0.39, 0.29) is 0 Å². The Morgan fingerprint density at radius 3 is 2.72 bits per heavy atom. The van der Waals surface area contributed by atoms with Gasteiger partial charge in [-0.2, -0.15) is 0 Å². The maximum atomic E-state index is 11.9. The summed E-state index contributed by atoms with van der Waals surface area (Å²) in [6, 6.07) is 9.97. The molecule has 0 atom stereocenters. The van der Waals surface area contributed by atoms with E-state index in [1.54, 1.807) is 0 Å². The molecule has 0 spiro atoms. The van der Waals surface area contributed by atoms with Gasteiger partial charge in [0.05, 0.1) is 24.5 Å². The lowest BCUT2D eigenvalue weighted by atomic mass is 9.98. The largest absolute Gasteiger partial charge is 0.478 e. The van der Waals surface area contributed by atoms with Crippen molar-refractivity contribution in [2.24, 2.45) is 0 Å². The molecule has 3 heterocycles. The molecule has 0 radical (unpaired) electrons. The summed E-state index contributed by atoms with van der Waals surface area (Å²) in [7, 11) is 0.